The lowest BCUT2D eigenvalue weighted by molar-refractivity contribution is -0.131. The van der Waals surface area contributed by atoms with Crippen molar-refractivity contribution in [3.63, 3.8) is 0 Å². The Kier molecular flexibility index (Phi) is 4.03. The van der Waals surface area contributed by atoms with Crippen LogP contribution in [0.25, 0.3) is 0 Å². The lowest BCUT2D eigenvalue weighted by Crippen LogP contribution is -2.41. The molecule has 0 unspecified atom stereocenters. The van der Waals surface area contributed by atoms with Crippen molar-refractivity contribution in [3.8, 4) is 5.75 Å². The van der Waals surface area contributed by atoms with E-state index in [9.17, 15) is 18.8 Å². The Hall–Kier alpha value is -3.16. The normalized spacial score (nSPS) is 19.9. The van der Waals surface area contributed by atoms with E-state index in [1.807, 2.05) is 0 Å². The largest absolute Gasteiger partial charge is 0.496 e. The molecule has 3 rings (SSSR count). The number of hydrogen-bond donors (Lipinski definition) is 1. The number of halogens is 1. The van der Waals surface area contributed by atoms with Crippen LogP contribution in [0.1, 0.15) is 23.0 Å². The predicted octanol–water partition coefficient (Wildman–Crippen LogP) is 2.08. The minimum Gasteiger partial charge on any atom is -0.496 e. The molecule has 1 aromatic heterocycles. The molecular weight excluding hydrogens is 331 g/mol. The number of imide groups is 1. The van der Waals surface area contributed by atoms with Crippen molar-refractivity contribution in [1.82, 2.24) is 10.2 Å². The number of rotatable bonds is 5. The summed E-state index contributed by atoms with van der Waals surface area (Å²) in [6.45, 7) is 0.945. The summed E-state index contributed by atoms with van der Waals surface area (Å²) in [5.41, 5.74) is -1.44. The number of hydrogen-bond acceptors (Lipinski definition) is 5. The van der Waals surface area contributed by atoms with E-state index in [4.69, 9.17) is 9.15 Å². The summed E-state index contributed by atoms with van der Waals surface area (Å²) in [6.07, 6.45) is 1.38. The number of benzene rings is 1. The standard InChI is InChI=1S/C17H15FN2O5/c1-17(14-4-3-7-25-14)15(22)20(16(23)19-17)9-12(21)11-8-10(18)5-6-13(11)24-2/h3-8H,9H2,1-2H3,(H,19,23)/t17-/m0/s1. The first-order chi connectivity index (χ1) is 11.9. The first-order valence-corrected chi connectivity index (χ1v) is 7.41. The van der Waals surface area contributed by atoms with E-state index in [1.54, 1.807) is 12.1 Å². The lowest BCUT2D eigenvalue weighted by Gasteiger charge is -2.19. The first kappa shape index (κ1) is 16.7. The highest BCUT2D eigenvalue weighted by Crippen LogP contribution is 2.29. The summed E-state index contributed by atoms with van der Waals surface area (Å²) < 4.78 is 23.7. The molecule has 130 valence electrons. The predicted molar refractivity (Wildman–Crippen MR) is 83.6 cm³/mol. The Morgan fingerprint density at radius 1 is 1.36 bits per heavy atom. The molecule has 0 bridgehead atoms. The highest BCUT2D eigenvalue weighted by Gasteiger charge is 2.51. The SMILES string of the molecule is COc1ccc(F)cc1C(=O)CN1C(=O)N[C@@](C)(c2ccco2)C1=O. The maximum absolute atomic E-state index is 13.4. The highest BCUT2D eigenvalue weighted by molar-refractivity contribution is 6.11. The van der Waals surface area contributed by atoms with Gasteiger partial charge >= 0.3 is 6.03 Å². The van der Waals surface area contributed by atoms with Gasteiger partial charge in [-0.3, -0.25) is 14.5 Å². The summed E-state index contributed by atoms with van der Waals surface area (Å²) in [7, 11) is 1.34. The average molecular weight is 346 g/mol. The number of nitrogens with zero attached hydrogens (tertiary/aromatic N) is 1. The topological polar surface area (TPSA) is 88.8 Å². The first-order valence-electron chi connectivity index (χ1n) is 7.41. The van der Waals surface area contributed by atoms with Gasteiger partial charge in [-0.1, -0.05) is 0 Å². The minimum absolute atomic E-state index is 0.0466. The van der Waals surface area contributed by atoms with Gasteiger partial charge in [0.25, 0.3) is 5.91 Å². The van der Waals surface area contributed by atoms with E-state index >= 15 is 0 Å². The van der Waals surface area contributed by atoms with E-state index < -0.39 is 35.6 Å². The second kappa shape index (κ2) is 6.04. The van der Waals surface area contributed by atoms with Crippen molar-refractivity contribution >= 4 is 17.7 Å². The van der Waals surface area contributed by atoms with Crippen molar-refractivity contribution < 1.29 is 27.9 Å². The molecule has 2 heterocycles. The fourth-order valence-corrected chi connectivity index (χ4v) is 2.70. The number of urea groups is 1. The minimum atomic E-state index is -1.40. The average Bonchev–Trinajstić information content (AvgIpc) is 3.19. The summed E-state index contributed by atoms with van der Waals surface area (Å²) in [6, 6.07) is 5.88. The number of furan rings is 1. The van der Waals surface area contributed by atoms with Crippen molar-refractivity contribution in [1.29, 1.82) is 0 Å². The summed E-state index contributed by atoms with van der Waals surface area (Å²) in [4.78, 5) is 38.1. The van der Waals surface area contributed by atoms with Gasteiger partial charge in [-0.25, -0.2) is 9.18 Å². The maximum atomic E-state index is 13.4. The van der Waals surface area contributed by atoms with Gasteiger partial charge in [0.05, 0.1) is 25.5 Å². The van der Waals surface area contributed by atoms with Gasteiger partial charge in [0.1, 0.15) is 17.3 Å². The van der Waals surface area contributed by atoms with E-state index in [0.717, 1.165) is 17.0 Å². The van der Waals surface area contributed by atoms with Gasteiger partial charge in [-0.2, -0.15) is 0 Å². The quantitative estimate of drug-likeness (QED) is 0.661. The summed E-state index contributed by atoms with van der Waals surface area (Å²) in [5.74, 6) is -1.46. The van der Waals surface area contributed by atoms with Crippen LogP contribution in [0.15, 0.2) is 41.0 Å². The fraction of sp³-hybridized carbons (Fsp3) is 0.235. The van der Waals surface area contributed by atoms with Crippen LogP contribution in [0.4, 0.5) is 9.18 Å². The molecule has 1 aromatic carbocycles. The molecule has 7 nitrogen and oxygen atoms in total. The number of Topliss-reactive ketones (excluding diaryl/α,β-unsaturated/α-hetero) is 1. The molecule has 3 amide bonds. The zero-order chi connectivity index (χ0) is 18.2. The van der Waals surface area contributed by atoms with E-state index in [1.165, 1.54) is 26.4 Å². The Morgan fingerprint density at radius 3 is 2.76 bits per heavy atom. The van der Waals surface area contributed by atoms with Gasteiger partial charge in [-0.15, -0.1) is 0 Å². The zero-order valence-electron chi connectivity index (χ0n) is 13.5. The maximum Gasteiger partial charge on any atom is 0.325 e. The van der Waals surface area contributed by atoms with Gasteiger partial charge < -0.3 is 14.5 Å². The molecule has 1 saturated heterocycles. The van der Waals surface area contributed by atoms with E-state index in [2.05, 4.69) is 5.32 Å². The zero-order valence-corrected chi connectivity index (χ0v) is 13.5. The van der Waals surface area contributed by atoms with Gasteiger partial charge in [0, 0.05) is 0 Å². The van der Waals surface area contributed by atoms with Crippen LogP contribution < -0.4 is 10.1 Å². The summed E-state index contributed by atoms with van der Waals surface area (Å²) >= 11 is 0. The van der Waals surface area contributed by atoms with Crippen LogP contribution in [-0.2, 0) is 10.3 Å². The highest BCUT2D eigenvalue weighted by atomic mass is 19.1. The molecule has 1 aliphatic rings. The van der Waals surface area contributed by atoms with Crippen LogP contribution in [0, 0.1) is 5.82 Å². The Balaban J connectivity index is 1.86. The van der Waals surface area contributed by atoms with Gasteiger partial charge in [0.2, 0.25) is 0 Å². The fourth-order valence-electron chi connectivity index (χ4n) is 2.70. The van der Waals surface area contributed by atoms with E-state index in [-0.39, 0.29) is 17.1 Å². The molecule has 1 N–H and O–H groups in total. The smallest absolute Gasteiger partial charge is 0.325 e. The monoisotopic (exact) mass is 346 g/mol. The Labute approximate surface area is 142 Å². The molecule has 1 atom stereocenters. The number of carbonyl (C=O) groups is 3. The molecule has 1 fully saturated rings. The van der Waals surface area contributed by atoms with Gasteiger partial charge in [-0.05, 0) is 37.3 Å². The Bertz CT molecular complexity index is 849. The molecule has 0 spiro atoms. The number of ether oxygens (including phenoxy) is 1. The van der Waals surface area contributed by atoms with Crippen molar-refractivity contribution in [2.75, 3.05) is 13.7 Å². The molecule has 0 aliphatic carbocycles. The lowest BCUT2D eigenvalue weighted by atomic mass is 9.99. The van der Waals surface area contributed by atoms with Crippen LogP contribution in [0.5, 0.6) is 5.75 Å². The molecule has 0 radical (unpaired) electrons. The molecule has 8 heteroatoms. The van der Waals surface area contributed by atoms with Crippen LogP contribution in [0.3, 0.4) is 0 Å². The number of methoxy groups -OCH3 is 1. The number of nitrogens with one attached hydrogen (secondary N) is 1. The van der Waals surface area contributed by atoms with Crippen molar-refractivity contribution in [2.24, 2.45) is 0 Å². The van der Waals surface area contributed by atoms with Crippen molar-refractivity contribution in [2.45, 2.75) is 12.5 Å². The number of carbonyl (C=O) groups excluding carboxylic acids is 3. The molecule has 0 saturated carbocycles. The second-order valence-corrected chi connectivity index (χ2v) is 5.69. The third-order valence-electron chi connectivity index (χ3n) is 4.05. The number of ketones is 1. The third kappa shape index (κ3) is 2.75. The van der Waals surface area contributed by atoms with E-state index in [0.29, 0.717) is 0 Å². The van der Waals surface area contributed by atoms with Gasteiger partial charge in [0.15, 0.2) is 11.3 Å². The second-order valence-electron chi connectivity index (χ2n) is 5.69. The van der Waals surface area contributed by atoms with Crippen molar-refractivity contribution in [3.05, 3.63) is 53.7 Å². The Morgan fingerprint density at radius 2 is 2.12 bits per heavy atom. The van der Waals surface area contributed by atoms with Crippen LogP contribution in [0.2, 0.25) is 0 Å². The molecular formula is C17H15FN2O5. The van der Waals surface area contributed by atoms with Crippen LogP contribution in [-0.4, -0.2) is 36.3 Å². The third-order valence-corrected chi connectivity index (χ3v) is 4.05. The number of amides is 3. The summed E-state index contributed by atoms with van der Waals surface area (Å²) in [5, 5.41) is 2.52. The molecule has 25 heavy (non-hydrogen) atoms. The molecule has 2 aromatic rings. The molecule has 1 aliphatic heterocycles. The van der Waals surface area contributed by atoms with Crippen LogP contribution >= 0.6 is 0 Å².